The molecule has 0 fully saturated rings. The fraction of sp³-hybridized carbons (Fsp3) is 0.250. The zero-order chi connectivity index (χ0) is 15.2. The fourth-order valence-electron chi connectivity index (χ4n) is 2.09. The summed E-state index contributed by atoms with van der Waals surface area (Å²) in [6.07, 6.45) is -2.83. The van der Waals surface area contributed by atoms with Gasteiger partial charge >= 0.3 is 6.18 Å². The molecule has 0 aliphatic heterocycles. The van der Waals surface area contributed by atoms with Crippen molar-refractivity contribution in [3.05, 3.63) is 40.7 Å². The van der Waals surface area contributed by atoms with E-state index in [4.69, 9.17) is 12.2 Å². The number of H-pyrrole nitrogens is 1. The highest BCUT2D eigenvalue weighted by Gasteiger charge is 2.30. The van der Waals surface area contributed by atoms with Crippen LogP contribution in [0.3, 0.4) is 0 Å². The first-order valence-electron chi connectivity index (χ1n) is 5.99. The summed E-state index contributed by atoms with van der Waals surface area (Å²) in [5.41, 5.74) is 0.227. The summed E-state index contributed by atoms with van der Waals surface area (Å²) in [6.45, 7) is 0.334. The third kappa shape index (κ3) is 2.44. The third-order valence-electron chi connectivity index (χ3n) is 3.21. The van der Waals surface area contributed by atoms with Crippen molar-refractivity contribution in [2.75, 3.05) is 0 Å². The maximum Gasteiger partial charge on any atom is 0.416 e. The molecule has 5 nitrogen and oxygen atoms in total. The summed E-state index contributed by atoms with van der Waals surface area (Å²) in [5, 5.41) is 7.71. The Bertz CT molecular complexity index is 858. The lowest BCUT2D eigenvalue weighted by molar-refractivity contribution is -0.137. The van der Waals surface area contributed by atoms with E-state index < -0.39 is 11.7 Å². The molecule has 0 radical (unpaired) electrons. The third-order valence-corrected chi connectivity index (χ3v) is 3.53. The van der Waals surface area contributed by atoms with Crippen LogP contribution in [0.5, 0.6) is 0 Å². The molecule has 1 aromatic carbocycles. The Hall–Kier alpha value is -2.16. The van der Waals surface area contributed by atoms with Crippen molar-refractivity contribution in [1.29, 1.82) is 0 Å². The number of halogens is 3. The Morgan fingerprint density at radius 2 is 2.10 bits per heavy atom. The maximum absolute atomic E-state index is 12.7. The number of benzene rings is 1. The monoisotopic (exact) mass is 313 g/mol. The van der Waals surface area contributed by atoms with Crippen LogP contribution >= 0.6 is 12.2 Å². The van der Waals surface area contributed by atoms with Crippen molar-refractivity contribution in [1.82, 2.24) is 24.3 Å². The molecule has 3 rings (SSSR count). The second-order valence-corrected chi connectivity index (χ2v) is 4.99. The van der Waals surface area contributed by atoms with Crippen LogP contribution in [0.4, 0.5) is 13.2 Å². The minimum Gasteiger partial charge on any atom is -0.331 e. The van der Waals surface area contributed by atoms with Gasteiger partial charge in [-0.15, -0.1) is 10.2 Å². The quantitative estimate of drug-likeness (QED) is 0.740. The van der Waals surface area contributed by atoms with Gasteiger partial charge in [0.05, 0.1) is 23.1 Å². The predicted octanol–water partition coefficient (Wildman–Crippen LogP) is 2.89. The second kappa shape index (κ2) is 4.69. The van der Waals surface area contributed by atoms with Gasteiger partial charge in [0.2, 0.25) is 0 Å². The lowest BCUT2D eigenvalue weighted by Crippen LogP contribution is -2.06. The van der Waals surface area contributed by atoms with E-state index in [0.717, 1.165) is 12.1 Å². The Labute approximate surface area is 122 Å². The summed E-state index contributed by atoms with van der Waals surface area (Å²) in [4.78, 5) is 2.79. The van der Waals surface area contributed by atoms with E-state index >= 15 is 0 Å². The zero-order valence-corrected chi connectivity index (χ0v) is 11.7. The zero-order valence-electron chi connectivity index (χ0n) is 10.8. The van der Waals surface area contributed by atoms with Gasteiger partial charge in [-0.2, -0.15) is 13.2 Å². The molecule has 21 heavy (non-hydrogen) atoms. The summed E-state index contributed by atoms with van der Waals surface area (Å²) < 4.78 is 41.9. The van der Waals surface area contributed by atoms with Crippen LogP contribution < -0.4 is 0 Å². The van der Waals surface area contributed by atoms with Crippen LogP contribution in [0.1, 0.15) is 11.4 Å². The Balaban J connectivity index is 2.10. The van der Waals surface area contributed by atoms with Gasteiger partial charge < -0.3 is 14.1 Å². The molecule has 110 valence electrons. The molecule has 0 saturated carbocycles. The molecule has 0 unspecified atom stereocenters. The Morgan fingerprint density at radius 3 is 2.71 bits per heavy atom. The first-order chi connectivity index (χ1) is 9.86. The van der Waals surface area contributed by atoms with E-state index in [1.54, 1.807) is 22.5 Å². The number of rotatable bonds is 2. The van der Waals surface area contributed by atoms with E-state index in [0.29, 0.717) is 28.2 Å². The van der Waals surface area contributed by atoms with Crippen molar-refractivity contribution >= 4 is 23.3 Å². The van der Waals surface area contributed by atoms with Gasteiger partial charge in [0.15, 0.2) is 10.6 Å². The topological polar surface area (TPSA) is 51.4 Å². The molecule has 0 bridgehead atoms. The molecule has 0 atom stereocenters. The molecular formula is C12H10F3N5S. The largest absolute Gasteiger partial charge is 0.416 e. The molecule has 0 aliphatic rings. The number of alkyl halides is 3. The Morgan fingerprint density at radius 1 is 1.33 bits per heavy atom. The van der Waals surface area contributed by atoms with Gasteiger partial charge in [-0.3, -0.25) is 0 Å². The highest BCUT2D eigenvalue weighted by atomic mass is 32.1. The van der Waals surface area contributed by atoms with Crippen LogP contribution in [0, 0.1) is 4.77 Å². The molecule has 0 saturated heterocycles. The SMILES string of the molecule is Cn1cnnc1Cn1c(=S)[nH]c2cc(C(F)(F)F)ccc21. The first-order valence-corrected chi connectivity index (χ1v) is 6.40. The van der Waals surface area contributed by atoms with E-state index in [1.165, 1.54) is 6.07 Å². The van der Waals surface area contributed by atoms with Crippen LogP contribution in [-0.2, 0) is 19.8 Å². The minimum absolute atomic E-state index is 0.334. The maximum atomic E-state index is 12.7. The number of aromatic amines is 1. The molecule has 2 heterocycles. The Kier molecular flexibility index (Phi) is 3.08. The number of hydrogen-bond donors (Lipinski definition) is 1. The van der Waals surface area contributed by atoms with Crippen molar-refractivity contribution < 1.29 is 13.2 Å². The van der Waals surface area contributed by atoms with Crippen molar-refractivity contribution in [2.24, 2.45) is 7.05 Å². The van der Waals surface area contributed by atoms with Crippen molar-refractivity contribution in [3.8, 4) is 0 Å². The van der Waals surface area contributed by atoms with Crippen molar-refractivity contribution in [3.63, 3.8) is 0 Å². The number of nitrogens with zero attached hydrogens (tertiary/aromatic N) is 4. The van der Waals surface area contributed by atoms with E-state index in [2.05, 4.69) is 15.2 Å². The smallest absolute Gasteiger partial charge is 0.331 e. The predicted molar refractivity (Wildman–Crippen MR) is 72.2 cm³/mol. The number of hydrogen-bond acceptors (Lipinski definition) is 3. The van der Waals surface area contributed by atoms with E-state index in [9.17, 15) is 13.2 Å². The van der Waals surface area contributed by atoms with Crippen LogP contribution in [-0.4, -0.2) is 24.3 Å². The lowest BCUT2D eigenvalue weighted by Gasteiger charge is -2.07. The molecular weight excluding hydrogens is 303 g/mol. The molecule has 2 aromatic heterocycles. The van der Waals surface area contributed by atoms with Gasteiger partial charge in [0, 0.05) is 7.05 Å². The average molecular weight is 313 g/mol. The van der Waals surface area contributed by atoms with Gasteiger partial charge in [0.25, 0.3) is 0 Å². The number of aromatic nitrogens is 5. The summed E-state index contributed by atoms with van der Waals surface area (Å²) in [7, 11) is 1.79. The second-order valence-electron chi connectivity index (χ2n) is 4.60. The molecule has 1 N–H and O–H groups in total. The van der Waals surface area contributed by atoms with Crippen LogP contribution in [0.25, 0.3) is 11.0 Å². The summed E-state index contributed by atoms with van der Waals surface area (Å²) in [5.74, 6) is 0.659. The molecule has 3 aromatic rings. The fourth-order valence-corrected chi connectivity index (χ4v) is 2.36. The normalized spacial score (nSPS) is 12.2. The van der Waals surface area contributed by atoms with Crippen LogP contribution in [0.2, 0.25) is 0 Å². The average Bonchev–Trinajstić information content (AvgIpc) is 2.93. The first kappa shape index (κ1) is 13.8. The summed E-state index contributed by atoms with van der Waals surface area (Å²) in [6, 6.07) is 3.50. The standard InChI is InChI=1S/C12H10F3N5S/c1-19-6-16-18-10(19)5-20-9-3-2-7(12(13,14)15)4-8(9)17-11(20)21/h2-4,6H,5H2,1H3,(H,17,21). The lowest BCUT2D eigenvalue weighted by atomic mass is 10.2. The number of aryl methyl sites for hydroxylation is 1. The molecule has 0 amide bonds. The van der Waals surface area contributed by atoms with Crippen LogP contribution in [0.15, 0.2) is 24.5 Å². The summed E-state index contributed by atoms with van der Waals surface area (Å²) >= 11 is 5.17. The van der Waals surface area contributed by atoms with E-state index in [1.807, 2.05) is 0 Å². The van der Waals surface area contributed by atoms with Gasteiger partial charge in [-0.05, 0) is 30.4 Å². The highest BCUT2D eigenvalue weighted by molar-refractivity contribution is 7.71. The molecule has 0 aliphatic carbocycles. The number of nitrogens with one attached hydrogen (secondary N) is 1. The highest BCUT2D eigenvalue weighted by Crippen LogP contribution is 2.31. The molecule has 0 spiro atoms. The van der Waals surface area contributed by atoms with Gasteiger partial charge in [-0.25, -0.2) is 0 Å². The van der Waals surface area contributed by atoms with Crippen molar-refractivity contribution in [2.45, 2.75) is 12.7 Å². The van der Waals surface area contributed by atoms with Gasteiger partial charge in [0.1, 0.15) is 6.33 Å². The number of fused-ring (bicyclic) bond motifs is 1. The van der Waals surface area contributed by atoms with E-state index in [-0.39, 0.29) is 0 Å². The molecule has 9 heteroatoms. The minimum atomic E-state index is -4.38. The van der Waals surface area contributed by atoms with Gasteiger partial charge in [-0.1, -0.05) is 0 Å². The number of imidazole rings is 1.